The van der Waals surface area contributed by atoms with Crippen LogP contribution in [0.3, 0.4) is 0 Å². The van der Waals surface area contributed by atoms with E-state index < -0.39 is 22.1 Å². The van der Waals surface area contributed by atoms with E-state index in [1.54, 1.807) is 6.92 Å². The number of aliphatic hydroxyl groups is 1. The maximum Gasteiger partial charge on any atom is 0.337 e. The fourth-order valence-corrected chi connectivity index (χ4v) is 3.01. The van der Waals surface area contributed by atoms with Gasteiger partial charge in [-0.25, -0.2) is 17.9 Å². The zero-order chi connectivity index (χ0) is 15.3. The predicted molar refractivity (Wildman–Crippen MR) is 74.3 cm³/mol. The van der Waals surface area contributed by atoms with Crippen molar-refractivity contribution in [2.45, 2.75) is 24.3 Å². The van der Waals surface area contributed by atoms with Crippen molar-refractivity contribution < 1.29 is 23.1 Å². The maximum absolute atomic E-state index is 12.1. The molecule has 0 radical (unpaired) electrons. The number of sulfonamides is 1. The lowest BCUT2D eigenvalue weighted by Crippen LogP contribution is -2.27. The van der Waals surface area contributed by atoms with E-state index in [9.17, 15) is 13.2 Å². The second-order valence-corrected chi connectivity index (χ2v) is 6.31. The van der Waals surface area contributed by atoms with Gasteiger partial charge in [-0.1, -0.05) is 11.6 Å². The zero-order valence-corrected chi connectivity index (χ0v) is 12.7. The molecule has 0 amide bonds. The first-order valence-corrected chi connectivity index (χ1v) is 7.69. The smallest absolute Gasteiger partial charge is 0.337 e. The number of ether oxygens (including phenoxy) is 1. The second kappa shape index (κ2) is 7.03. The Labute approximate surface area is 122 Å². The standard InChI is InChI=1S/C12H16ClNO5S/c1-8(15)5-6-14-20(17,18)11-7-9(12(16)19-2)3-4-10(11)13/h3-4,7-8,14-15H,5-6H2,1-2H3. The summed E-state index contributed by atoms with van der Waals surface area (Å²) in [5.41, 5.74) is 0.0906. The molecule has 0 aliphatic heterocycles. The van der Waals surface area contributed by atoms with E-state index in [1.807, 2.05) is 0 Å². The van der Waals surface area contributed by atoms with Gasteiger partial charge in [-0.3, -0.25) is 0 Å². The first-order chi connectivity index (χ1) is 9.27. The average molecular weight is 322 g/mol. The first-order valence-electron chi connectivity index (χ1n) is 5.83. The molecule has 112 valence electrons. The topological polar surface area (TPSA) is 92.7 Å². The number of methoxy groups -OCH3 is 1. The summed E-state index contributed by atoms with van der Waals surface area (Å²) in [6.07, 6.45) is -0.345. The van der Waals surface area contributed by atoms with Crippen LogP contribution in [0.1, 0.15) is 23.7 Å². The Morgan fingerprint density at radius 2 is 2.15 bits per heavy atom. The van der Waals surface area contributed by atoms with Crippen molar-refractivity contribution in [2.24, 2.45) is 0 Å². The molecular formula is C12H16ClNO5S. The van der Waals surface area contributed by atoms with Gasteiger partial charge in [-0.05, 0) is 31.5 Å². The molecule has 0 spiro atoms. The van der Waals surface area contributed by atoms with Gasteiger partial charge in [0.05, 0.1) is 23.8 Å². The fourth-order valence-electron chi connectivity index (χ4n) is 1.43. The molecular weight excluding hydrogens is 306 g/mol. The Bertz CT molecular complexity index is 586. The van der Waals surface area contributed by atoms with Crippen LogP contribution >= 0.6 is 11.6 Å². The molecule has 0 saturated heterocycles. The minimum absolute atomic E-state index is 0.00204. The van der Waals surface area contributed by atoms with Crippen LogP contribution in [0, 0.1) is 0 Å². The highest BCUT2D eigenvalue weighted by atomic mass is 35.5. The van der Waals surface area contributed by atoms with Crippen molar-refractivity contribution in [1.29, 1.82) is 0 Å². The number of hydrogen-bond acceptors (Lipinski definition) is 5. The van der Waals surface area contributed by atoms with E-state index in [0.717, 1.165) is 6.07 Å². The summed E-state index contributed by atoms with van der Waals surface area (Å²) >= 11 is 5.85. The quantitative estimate of drug-likeness (QED) is 0.767. The van der Waals surface area contributed by atoms with Crippen molar-refractivity contribution >= 4 is 27.6 Å². The van der Waals surface area contributed by atoms with Crippen LogP contribution in [0.5, 0.6) is 0 Å². The lowest BCUT2D eigenvalue weighted by molar-refractivity contribution is 0.0600. The van der Waals surface area contributed by atoms with Gasteiger partial charge in [0.25, 0.3) is 0 Å². The van der Waals surface area contributed by atoms with Crippen LogP contribution < -0.4 is 4.72 Å². The van der Waals surface area contributed by atoms with Crippen LogP contribution in [-0.2, 0) is 14.8 Å². The molecule has 2 N–H and O–H groups in total. The molecule has 1 unspecified atom stereocenters. The summed E-state index contributed by atoms with van der Waals surface area (Å²) in [7, 11) is -2.65. The molecule has 0 bridgehead atoms. The Kier molecular flexibility index (Phi) is 5.94. The maximum atomic E-state index is 12.1. The van der Waals surface area contributed by atoms with Gasteiger partial charge in [0.15, 0.2) is 0 Å². The molecule has 8 heteroatoms. The number of esters is 1. The highest BCUT2D eigenvalue weighted by Gasteiger charge is 2.20. The van der Waals surface area contributed by atoms with Gasteiger partial charge < -0.3 is 9.84 Å². The molecule has 1 atom stereocenters. The lowest BCUT2D eigenvalue weighted by atomic mass is 10.2. The summed E-state index contributed by atoms with van der Waals surface area (Å²) in [5, 5.41) is 9.10. The number of carbonyl (C=O) groups excluding carboxylic acids is 1. The van der Waals surface area contributed by atoms with E-state index in [-0.39, 0.29) is 28.4 Å². The van der Waals surface area contributed by atoms with E-state index in [0.29, 0.717) is 0 Å². The fraction of sp³-hybridized carbons (Fsp3) is 0.417. The van der Waals surface area contributed by atoms with Crippen LogP contribution in [0.15, 0.2) is 23.1 Å². The minimum Gasteiger partial charge on any atom is -0.465 e. The van der Waals surface area contributed by atoms with E-state index >= 15 is 0 Å². The third kappa shape index (κ3) is 4.45. The first kappa shape index (κ1) is 16.9. The number of carbonyl (C=O) groups is 1. The molecule has 0 aliphatic rings. The molecule has 0 heterocycles. The average Bonchev–Trinajstić information content (AvgIpc) is 2.37. The monoisotopic (exact) mass is 321 g/mol. The number of nitrogens with one attached hydrogen (secondary N) is 1. The Morgan fingerprint density at radius 3 is 2.70 bits per heavy atom. The van der Waals surface area contributed by atoms with Crippen molar-refractivity contribution in [3.05, 3.63) is 28.8 Å². The zero-order valence-electron chi connectivity index (χ0n) is 11.1. The van der Waals surface area contributed by atoms with Crippen LogP contribution in [0.4, 0.5) is 0 Å². The molecule has 1 rings (SSSR count). The molecule has 0 saturated carbocycles. The SMILES string of the molecule is COC(=O)c1ccc(Cl)c(S(=O)(=O)NCCC(C)O)c1. The van der Waals surface area contributed by atoms with Gasteiger partial charge in [0.2, 0.25) is 10.0 Å². The van der Waals surface area contributed by atoms with E-state index in [2.05, 4.69) is 9.46 Å². The molecule has 6 nitrogen and oxygen atoms in total. The Balaban J connectivity index is 3.01. The molecule has 1 aromatic carbocycles. The number of benzene rings is 1. The van der Waals surface area contributed by atoms with Crippen molar-refractivity contribution in [3.8, 4) is 0 Å². The van der Waals surface area contributed by atoms with Crippen LogP contribution in [-0.4, -0.2) is 39.3 Å². The van der Waals surface area contributed by atoms with Crippen molar-refractivity contribution in [3.63, 3.8) is 0 Å². The van der Waals surface area contributed by atoms with Gasteiger partial charge in [-0.2, -0.15) is 0 Å². The number of hydrogen-bond donors (Lipinski definition) is 2. The van der Waals surface area contributed by atoms with Crippen LogP contribution in [0.25, 0.3) is 0 Å². The van der Waals surface area contributed by atoms with E-state index in [1.165, 1.54) is 19.2 Å². The summed E-state index contributed by atoms with van der Waals surface area (Å²) in [5.74, 6) is -0.651. The van der Waals surface area contributed by atoms with Crippen LogP contribution in [0.2, 0.25) is 5.02 Å². The van der Waals surface area contributed by atoms with Gasteiger partial charge >= 0.3 is 5.97 Å². The summed E-state index contributed by atoms with van der Waals surface area (Å²) < 4.78 is 31.0. The molecule has 0 aromatic heterocycles. The van der Waals surface area contributed by atoms with Gasteiger partial charge in [0.1, 0.15) is 4.90 Å². The van der Waals surface area contributed by atoms with Gasteiger partial charge in [0, 0.05) is 6.54 Å². The van der Waals surface area contributed by atoms with E-state index in [4.69, 9.17) is 16.7 Å². The number of aliphatic hydroxyl groups excluding tert-OH is 1. The van der Waals surface area contributed by atoms with Crippen molar-refractivity contribution in [1.82, 2.24) is 4.72 Å². The highest BCUT2D eigenvalue weighted by molar-refractivity contribution is 7.89. The summed E-state index contributed by atoms with van der Waals surface area (Å²) in [4.78, 5) is 11.2. The molecule has 0 aliphatic carbocycles. The molecule has 0 fully saturated rings. The summed E-state index contributed by atoms with van der Waals surface area (Å²) in [6.45, 7) is 1.62. The normalized spacial score (nSPS) is 13.0. The molecule has 20 heavy (non-hydrogen) atoms. The predicted octanol–water partition coefficient (Wildman–Crippen LogP) is 1.18. The number of rotatable bonds is 6. The summed E-state index contributed by atoms with van der Waals surface area (Å²) in [6, 6.07) is 3.85. The minimum atomic E-state index is -3.85. The highest BCUT2D eigenvalue weighted by Crippen LogP contribution is 2.23. The third-order valence-electron chi connectivity index (χ3n) is 2.50. The lowest BCUT2D eigenvalue weighted by Gasteiger charge is -2.10. The molecule has 1 aromatic rings. The second-order valence-electron chi connectivity index (χ2n) is 4.17. The Morgan fingerprint density at radius 1 is 1.50 bits per heavy atom. The van der Waals surface area contributed by atoms with Crippen molar-refractivity contribution in [2.75, 3.05) is 13.7 Å². The number of halogens is 1. The Hall–Kier alpha value is -1.15. The van der Waals surface area contributed by atoms with Gasteiger partial charge in [-0.15, -0.1) is 0 Å². The largest absolute Gasteiger partial charge is 0.465 e. The third-order valence-corrected chi connectivity index (χ3v) is 4.44.